The molecule has 6 heteroatoms. The smallest absolute Gasteiger partial charge is 0.265 e. The average Bonchev–Trinajstić information content (AvgIpc) is 3.00. The highest BCUT2D eigenvalue weighted by Gasteiger charge is 2.06. The predicted molar refractivity (Wildman–Crippen MR) is 84.7 cm³/mol. The van der Waals surface area contributed by atoms with Crippen molar-refractivity contribution >= 4 is 34.6 Å². The predicted octanol–water partition coefficient (Wildman–Crippen LogP) is 2.86. The molecule has 0 aliphatic rings. The molecular formula is C15H15N3O2S. The number of hydrogen-bond donors (Lipinski definition) is 2. The number of carbonyl (C=O) groups excluding carboxylic acids is 2. The van der Waals surface area contributed by atoms with Crippen LogP contribution in [0.2, 0.25) is 0 Å². The summed E-state index contributed by atoms with van der Waals surface area (Å²) in [6.07, 6.45) is 0. The van der Waals surface area contributed by atoms with E-state index in [1.165, 1.54) is 18.3 Å². The molecule has 0 aliphatic heterocycles. The van der Waals surface area contributed by atoms with E-state index < -0.39 is 0 Å². The number of carbonyl (C=O) groups is 2. The normalized spacial score (nSPS) is 11.0. The van der Waals surface area contributed by atoms with Gasteiger partial charge >= 0.3 is 0 Å². The highest BCUT2D eigenvalue weighted by atomic mass is 32.1. The fourth-order valence-corrected chi connectivity index (χ4v) is 2.24. The van der Waals surface area contributed by atoms with Crippen molar-refractivity contribution in [1.82, 2.24) is 5.43 Å². The van der Waals surface area contributed by atoms with Gasteiger partial charge in [-0.1, -0.05) is 18.2 Å². The molecular weight excluding hydrogens is 286 g/mol. The summed E-state index contributed by atoms with van der Waals surface area (Å²) in [4.78, 5) is 23.4. The van der Waals surface area contributed by atoms with Crippen LogP contribution in [-0.4, -0.2) is 17.5 Å². The van der Waals surface area contributed by atoms with Gasteiger partial charge in [0, 0.05) is 12.6 Å². The summed E-state index contributed by atoms with van der Waals surface area (Å²) >= 11 is 1.40. The molecule has 1 aromatic carbocycles. The first-order chi connectivity index (χ1) is 10.1. The van der Waals surface area contributed by atoms with Gasteiger partial charge in [0.2, 0.25) is 5.91 Å². The van der Waals surface area contributed by atoms with Crippen LogP contribution in [0.1, 0.15) is 29.1 Å². The molecule has 0 saturated carbocycles. The molecule has 0 saturated heterocycles. The molecule has 2 rings (SSSR count). The zero-order valence-corrected chi connectivity index (χ0v) is 12.5. The summed E-state index contributed by atoms with van der Waals surface area (Å²) in [5.41, 5.74) is 4.67. The van der Waals surface area contributed by atoms with Crippen LogP contribution < -0.4 is 10.7 Å². The summed E-state index contributed by atoms with van der Waals surface area (Å²) < 4.78 is 0. The van der Waals surface area contributed by atoms with Crippen LogP contribution in [0.15, 0.2) is 46.9 Å². The Morgan fingerprint density at radius 3 is 2.38 bits per heavy atom. The van der Waals surface area contributed by atoms with E-state index in [0.29, 0.717) is 16.3 Å². The van der Waals surface area contributed by atoms with Gasteiger partial charge in [-0.25, -0.2) is 5.43 Å². The summed E-state index contributed by atoms with van der Waals surface area (Å²) in [5.74, 6) is -0.337. The third-order valence-corrected chi connectivity index (χ3v) is 3.56. The second-order valence-electron chi connectivity index (χ2n) is 4.37. The molecule has 0 atom stereocenters. The first-order valence-electron chi connectivity index (χ1n) is 6.32. The lowest BCUT2D eigenvalue weighted by atomic mass is 10.1. The van der Waals surface area contributed by atoms with Gasteiger partial charge < -0.3 is 5.32 Å². The SMILES string of the molecule is CC(=O)NN=C(C)c1ccc(NC(=O)c2cccs2)cc1. The van der Waals surface area contributed by atoms with Gasteiger partial charge in [-0.05, 0) is 36.1 Å². The summed E-state index contributed by atoms with van der Waals surface area (Å²) in [5, 5.41) is 8.64. The Kier molecular flexibility index (Phi) is 4.84. The maximum absolute atomic E-state index is 11.9. The Balaban J connectivity index is 2.03. The van der Waals surface area contributed by atoms with Gasteiger partial charge in [-0.2, -0.15) is 5.10 Å². The largest absolute Gasteiger partial charge is 0.321 e. The molecule has 21 heavy (non-hydrogen) atoms. The van der Waals surface area contributed by atoms with Crippen LogP contribution in [0.4, 0.5) is 5.69 Å². The van der Waals surface area contributed by atoms with Gasteiger partial charge in [0.15, 0.2) is 0 Å². The monoisotopic (exact) mass is 301 g/mol. The fourth-order valence-electron chi connectivity index (χ4n) is 1.62. The van der Waals surface area contributed by atoms with Crippen molar-refractivity contribution in [2.75, 3.05) is 5.32 Å². The molecule has 108 valence electrons. The molecule has 0 radical (unpaired) electrons. The van der Waals surface area contributed by atoms with E-state index in [1.54, 1.807) is 25.1 Å². The Labute approximate surface area is 126 Å². The lowest BCUT2D eigenvalue weighted by Crippen LogP contribution is -2.15. The van der Waals surface area contributed by atoms with Gasteiger partial charge in [-0.3, -0.25) is 9.59 Å². The standard InChI is InChI=1S/C15H15N3O2S/c1-10(17-18-11(2)19)12-5-7-13(8-6-12)16-15(20)14-4-3-9-21-14/h3-9H,1-2H3,(H,16,20)(H,18,19). The van der Waals surface area contributed by atoms with Gasteiger partial charge in [0.25, 0.3) is 5.91 Å². The Bertz CT molecular complexity index is 661. The maximum atomic E-state index is 11.9. The van der Waals surface area contributed by atoms with Crippen molar-refractivity contribution < 1.29 is 9.59 Å². The van der Waals surface area contributed by atoms with Crippen LogP contribution in [0.5, 0.6) is 0 Å². The first kappa shape index (κ1) is 14.9. The molecule has 0 fully saturated rings. The minimum Gasteiger partial charge on any atom is -0.321 e. The Morgan fingerprint density at radius 2 is 1.81 bits per heavy atom. The van der Waals surface area contributed by atoms with E-state index in [4.69, 9.17) is 0 Å². The average molecular weight is 301 g/mol. The number of nitrogens with one attached hydrogen (secondary N) is 2. The number of amides is 2. The zero-order valence-electron chi connectivity index (χ0n) is 11.7. The minimum atomic E-state index is -0.214. The van der Waals surface area contributed by atoms with E-state index in [2.05, 4.69) is 15.8 Å². The van der Waals surface area contributed by atoms with Crippen molar-refractivity contribution in [3.05, 3.63) is 52.2 Å². The zero-order chi connectivity index (χ0) is 15.2. The summed E-state index contributed by atoms with van der Waals surface area (Å²) in [6.45, 7) is 3.20. The van der Waals surface area contributed by atoms with E-state index >= 15 is 0 Å². The maximum Gasteiger partial charge on any atom is 0.265 e. The highest BCUT2D eigenvalue weighted by Crippen LogP contribution is 2.14. The topological polar surface area (TPSA) is 70.6 Å². The van der Waals surface area contributed by atoms with Crippen molar-refractivity contribution in [3.63, 3.8) is 0 Å². The number of thiophene rings is 1. The summed E-state index contributed by atoms with van der Waals surface area (Å²) in [6, 6.07) is 10.9. The number of benzene rings is 1. The molecule has 1 aromatic heterocycles. The molecule has 0 bridgehead atoms. The number of hydrazone groups is 1. The van der Waals surface area contributed by atoms with Crippen molar-refractivity contribution in [1.29, 1.82) is 0 Å². The van der Waals surface area contributed by atoms with Crippen LogP contribution in [-0.2, 0) is 4.79 Å². The molecule has 0 aliphatic carbocycles. The number of nitrogens with zero attached hydrogens (tertiary/aromatic N) is 1. The molecule has 2 N–H and O–H groups in total. The molecule has 0 unspecified atom stereocenters. The number of hydrogen-bond acceptors (Lipinski definition) is 4. The van der Waals surface area contributed by atoms with Crippen LogP contribution in [0.25, 0.3) is 0 Å². The number of anilines is 1. The van der Waals surface area contributed by atoms with Crippen molar-refractivity contribution in [2.24, 2.45) is 5.10 Å². The van der Waals surface area contributed by atoms with E-state index in [-0.39, 0.29) is 11.8 Å². The third kappa shape index (κ3) is 4.25. The van der Waals surface area contributed by atoms with Gasteiger partial charge in [0.1, 0.15) is 0 Å². The van der Waals surface area contributed by atoms with E-state index in [1.807, 2.05) is 23.6 Å². The van der Waals surface area contributed by atoms with Crippen molar-refractivity contribution in [2.45, 2.75) is 13.8 Å². The first-order valence-corrected chi connectivity index (χ1v) is 7.20. The minimum absolute atomic E-state index is 0.124. The van der Waals surface area contributed by atoms with Crippen LogP contribution in [0, 0.1) is 0 Å². The van der Waals surface area contributed by atoms with Gasteiger partial charge in [-0.15, -0.1) is 11.3 Å². The highest BCUT2D eigenvalue weighted by molar-refractivity contribution is 7.12. The number of rotatable bonds is 4. The quantitative estimate of drug-likeness (QED) is 0.673. The van der Waals surface area contributed by atoms with E-state index in [0.717, 1.165) is 5.56 Å². The van der Waals surface area contributed by atoms with Crippen LogP contribution >= 0.6 is 11.3 Å². The second kappa shape index (κ2) is 6.81. The van der Waals surface area contributed by atoms with Gasteiger partial charge in [0.05, 0.1) is 10.6 Å². The molecule has 2 amide bonds. The fraction of sp³-hybridized carbons (Fsp3) is 0.133. The van der Waals surface area contributed by atoms with Crippen molar-refractivity contribution in [3.8, 4) is 0 Å². The third-order valence-electron chi connectivity index (χ3n) is 2.69. The summed E-state index contributed by atoms with van der Waals surface area (Å²) in [7, 11) is 0. The molecule has 0 spiro atoms. The molecule has 1 heterocycles. The lowest BCUT2D eigenvalue weighted by molar-refractivity contribution is -0.118. The lowest BCUT2D eigenvalue weighted by Gasteiger charge is -2.05. The molecule has 2 aromatic rings. The van der Waals surface area contributed by atoms with Crippen LogP contribution in [0.3, 0.4) is 0 Å². The Morgan fingerprint density at radius 1 is 1.10 bits per heavy atom. The van der Waals surface area contributed by atoms with E-state index in [9.17, 15) is 9.59 Å². The Hall–Kier alpha value is -2.47. The molecule has 5 nitrogen and oxygen atoms in total. The second-order valence-corrected chi connectivity index (χ2v) is 5.32.